The number of nitrogens with two attached hydrogens (primary N) is 2. The molecule has 0 saturated heterocycles. The summed E-state index contributed by atoms with van der Waals surface area (Å²) in [5.74, 6) is 7.01. The first-order chi connectivity index (χ1) is 6.34. The van der Waals surface area contributed by atoms with Gasteiger partial charge in [0.05, 0.1) is 0 Å². The van der Waals surface area contributed by atoms with Crippen LogP contribution in [-0.2, 0) is 0 Å². The molecule has 0 aliphatic carbocycles. The maximum Gasteiger partial charge on any atom is 0.0390 e. The Morgan fingerprint density at radius 1 is 1.21 bits per heavy atom. The molecular formula is C11H25N3. The van der Waals surface area contributed by atoms with Gasteiger partial charge in [0.25, 0.3) is 0 Å². The van der Waals surface area contributed by atoms with E-state index in [-0.39, 0.29) is 0 Å². The van der Waals surface area contributed by atoms with Crippen LogP contribution >= 0.6 is 0 Å². The van der Waals surface area contributed by atoms with Gasteiger partial charge in [-0.3, -0.25) is 0 Å². The molecule has 0 spiro atoms. The van der Waals surface area contributed by atoms with Crippen molar-refractivity contribution >= 4 is 0 Å². The number of hydrogen-bond donors (Lipinski definition) is 2. The number of hydrogen-bond acceptors (Lipinski definition) is 3. The smallest absolute Gasteiger partial charge is 0.0390 e. The molecule has 0 aliphatic heterocycles. The van der Waals surface area contributed by atoms with E-state index in [1.165, 1.54) is 0 Å². The zero-order valence-electron chi connectivity index (χ0n) is 10.1. The van der Waals surface area contributed by atoms with Gasteiger partial charge in [-0.25, -0.2) is 5.84 Å². The Kier molecular flexibility index (Phi) is 5.62. The van der Waals surface area contributed by atoms with Crippen LogP contribution in [0.25, 0.3) is 0 Å². The predicted octanol–water partition coefficient (Wildman–Crippen LogP) is 2.05. The molecule has 84 valence electrons. The molecule has 0 heterocycles. The third-order valence-electron chi connectivity index (χ3n) is 2.61. The molecule has 0 rings (SSSR count). The Hall–Kier alpha value is -0.700. The highest BCUT2D eigenvalue weighted by atomic mass is 15.4. The summed E-state index contributed by atoms with van der Waals surface area (Å²) in [5.41, 5.74) is 6.75. The van der Waals surface area contributed by atoms with E-state index in [0.29, 0.717) is 17.9 Å². The summed E-state index contributed by atoms with van der Waals surface area (Å²) in [7, 11) is 0. The number of allylic oxidation sites excluding steroid dienone is 1. The number of nitrogens with zero attached hydrogens (tertiary/aromatic N) is 1. The van der Waals surface area contributed by atoms with Crippen molar-refractivity contribution in [1.29, 1.82) is 0 Å². The van der Waals surface area contributed by atoms with Crippen molar-refractivity contribution < 1.29 is 0 Å². The van der Waals surface area contributed by atoms with Crippen molar-refractivity contribution in [3.63, 3.8) is 0 Å². The third-order valence-corrected chi connectivity index (χ3v) is 2.61. The minimum absolute atomic E-state index is 0.294. The fourth-order valence-corrected chi connectivity index (χ4v) is 1.00. The van der Waals surface area contributed by atoms with Crippen molar-refractivity contribution in [2.24, 2.45) is 23.4 Å². The van der Waals surface area contributed by atoms with Crippen molar-refractivity contribution in [3.8, 4) is 0 Å². The molecule has 0 fully saturated rings. The minimum atomic E-state index is 0.294. The van der Waals surface area contributed by atoms with E-state index >= 15 is 0 Å². The summed E-state index contributed by atoms with van der Waals surface area (Å²) in [5, 5.41) is 1.66. The highest BCUT2D eigenvalue weighted by molar-refractivity contribution is 4.97. The number of rotatable bonds is 5. The normalized spacial score (nSPS) is 15.0. The van der Waals surface area contributed by atoms with Gasteiger partial charge in [-0.2, -0.15) is 0 Å². The molecule has 0 amide bonds. The second-order valence-corrected chi connectivity index (χ2v) is 4.67. The molecule has 4 N–H and O–H groups in total. The van der Waals surface area contributed by atoms with Crippen LogP contribution in [0.5, 0.6) is 0 Å². The largest absolute Gasteiger partial charge is 0.401 e. The Morgan fingerprint density at radius 3 is 2.07 bits per heavy atom. The maximum absolute atomic E-state index is 5.89. The molecule has 0 aromatic carbocycles. The van der Waals surface area contributed by atoms with Crippen LogP contribution in [0.1, 0.15) is 41.0 Å². The van der Waals surface area contributed by atoms with Crippen LogP contribution < -0.4 is 11.6 Å². The van der Waals surface area contributed by atoms with Crippen LogP contribution in [0.3, 0.4) is 0 Å². The first-order valence-electron chi connectivity index (χ1n) is 5.33. The van der Waals surface area contributed by atoms with Crippen molar-refractivity contribution in [3.05, 3.63) is 11.9 Å². The molecule has 0 radical (unpaired) electrons. The molecular weight excluding hydrogens is 174 g/mol. The van der Waals surface area contributed by atoms with Gasteiger partial charge in [0, 0.05) is 17.9 Å². The summed E-state index contributed by atoms with van der Waals surface area (Å²) in [6, 6.07) is 0.294. The summed E-state index contributed by atoms with van der Waals surface area (Å²) in [6.45, 7) is 10.7. The van der Waals surface area contributed by atoms with Gasteiger partial charge in [-0.05, 0) is 32.1 Å². The highest BCUT2D eigenvalue weighted by Gasteiger charge is 2.09. The first-order valence-corrected chi connectivity index (χ1v) is 5.33. The molecule has 0 aromatic rings. The Bertz CT molecular complexity index is 185. The number of hydrazine groups is 1. The molecule has 14 heavy (non-hydrogen) atoms. The SMILES string of the molecule is CC(C)C(C)C/C(N)=C/N(N)C(C)C. The van der Waals surface area contributed by atoms with Crippen LogP contribution in [-0.4, -0.2) is 11.1 Å². The molecule has 3 heteroatoms. The lowest BCUT2D eigenvalue weighted by atomic mass is 9.93. The van der Waals surface area contributed by atoms with Crippen LogP contribution in [0, 0.1) is 11.8 Å². The van der Waals surface area contributed by atoms with E-state index in [1.54, 1.807) is 5.01 Å². The minimum Gasteiger partial charge on any atom is -0.401 e. The van der Waals surface area contributed by atoms with Gasteiger partial charge in [0.15, 0.2) is 0 Å². The first kappa shape index (κ1) is 13.3. The Morgan fingerprint density at radius 2 is 1.71 bits per heavy atom. The molecule has 0 aromatic heterocycles. The van der Waals surface area contributed by atoms with E-state index < -0.39 is 0 Å². The van der Waals surface area contributed by atoms with Gasteiger partial charge in [-0.15, -0.1) is 0 Å². The van der Waals surface area contributed by atoms with Crippen molar-refractivity contribution in [2.75, 3.05) is 0 Å². The van der Waals surface area contributed by atoms with Gasteiger partial charge in [0.2, 0.25) is 0 Å². The van der Waals surface area contributed by atoms with E-state index in [4.69, 9.17) is 11.6 Å². The van der Waals surface area contributed by atoms with Gasteiger partial charge < -0.3 is 10.7 Å². The standard InChI is InChI=1S/C11H25N3/c1-8(2)10(5)6-11(12)7-14(13)9(3)4/h7-10H,6,12-13H2,1-5H3/b11-7-. The molecule has 0 bridgehead atoms. The van der Waals surface area contributed by atoms with Gasteiger partial charge in [-0.1, -0.05) is 20.8 Å². The maximum atomic E-state index is 5.89. The summed E-state index contributed by atoms with van der Waals surface area (Å²) in [4.78, 5) is 0. The zero-order chi connectivity index (χ0) is 11.3. The molecule has 3 nitrogen and oxygen atoms in total. The van der Waals surface area contributed by atoms with E-state index in [9.17, 15) is 0 Å². The lowest BCUT2D eigenvalue weighted by Gasteiger charge is -2.21. The second kappa shape index (κ2) is 5.91. The van der Waals surface area contributed by atoms with E-state index in [2.05, 4.69) is 20.8 Å². The fraction of sp³-hybridized carbons (Fsp3) is 0.818. The zero-order valence-corrected chi connectivity index (χ0v) is 10.1. The van der Waals surface area contributed by atoms with Gasteiger partial charge >= 0.3 is 0 Å². The average Bonchev–Trinajstić information content (AvgIpc) is 2.03. The average molecular weight is 199 g/mol. The molecule has 1 unspecified atom stereocenters. The highest BCUT2D eigenvalue weighted by Crippen LogP contribution is 2.16. The Balaban J connectivity index is 4.12. The van der Waals surface area contributed by atoms with Gasteiger partial charge in [0.1, 0.15) is 0 Å². The summed E-state index contributed by atoms with van der Waals surface area (Å²) >= 11 is 0. The predicted molar refractivity (Wildman–Crippen MR) is 62.1 cm³/mol. The lowest BCUT2D eigenvalue weighted by molar-refractivity contribution is 0.316. The topological polar surface area (TPSA) is 55.3 Å². The Labute approximate surface area is 88.1 Å². The van der Waals surface area contributed by atoms with Crippen molar-refractivity contribution in [2.45, 2.75) is 47.1 Å². The monoisotopic (exact) mass is 199 g/mol. The molecule has 0 saturated carbocycles. The summed E-state index contributed by atoms with van der Waals surface area (Å²) < 4.78 is 0. The molecule has 1 atom stereocenters. The fourth-order valence-electron chi connectivity index (χ4n) is 1.00. The quantitative estimate of drug-likeness (QED) is 0.526. The van der Waals surface area contributed by atoms with E-state index in [0.717, 1.165) is 12.1 Å². The van der Waals surface area contributed by atoms with Crippen LogP contribution in [0.4, 0.5) is 0 Å². The summed E-state index contributed by atoms with van der Waals surface area (Å²) in [6.07, 6.45) is 2.75. The van der Waals surface area contributed by atoms with Crippen LogP contribution in [0.15, 0.2) is 11.9 Å². The molecule has 0 aliphatic rings. The third kappa shape index (κ3) is 5.12. The lowest BCUT2D eigenvalue weighted by Crippen LogP contribution is -2.33. The van der Waals surface area contributed by atoms with E-state index in [1.807, 2.05) is 20.0 Å². The second-order valence-electron chi connectivity index (χ2n) is 4.67. The van der Waals surface area contributed by atoms with Crippen LogP contribution in [0.2, 0.25) is 0 Å². The van der Waals surface area contributed by atoms with Crippen molar-refractivity contribution in [1.82, 2.24) is 5.01 Å².